The molecule has 0 bridgehead atoms. The number of esters is 1. The molecule has 1 aromatic heterocycles. The highest BCUT2D eigenvalue weighted by atomic mass is 16.5. The molecule has 102 valence electrons. The van der Waals surface area contributed by atoms with Crippen molar-refractivity contribution < 1.29 is 9.53 Å². The van der Waals surface area contributed by atoms with E-state index in [9.17, 15) is 4.79 Å². The van der Waals surface area contributed by atoms with Crippen LogP contribution in [0.25, 0.3) is 6.08 Å². The zero-order valence-corrected chi connectivity index (χ0v) is 11.5. The molecule has 0 atom stereocenters. The highest BCUT2D eigenvalue weighted by molar-refractivity contribution is 5.93. The molecular weight excluding hydrogens is 250 g/mol. The second kappa shape index (κ2) is 7.24. The van der Waals surface area contributed by atoms with Crippen LogP contribution < -0.4 is 0 Å². The quantitative estimate of drug-likeness (QED) is 0.613. The van der Waals surface area contributed by atoms with Crippen molar-refractivity contribution in [2.75, 3.05) is 0 Å². The van der Waals surface area contributed by atoms with E-state index in [4.69, 9.17) is 4.74 Å². The lowest BCUT2D eigenvalue weighted by molar-refractivity contribution is -0.140. The minimum absolute atomic E-state index is 0.200. The summed E-state index contributed by atoms with van der Waals surface area (Å²) in [5, 5.41) is 0. The Morgan fingerprint density at radius 2 is 1.90 bits per heavy atom. The first-order valence-electron chi connectivity index (χ1n) is 6.62. The summed E-state index contributed by atoms with van der Waals surface area (Å²) in [6.07, 6.45) is 4.18. The molecule has 0 aliphatic carbocycles. The Hall–Kier alpha value is -2.42. The Bertz CT molecular complexity index is 576. The zero-order valence-electron chi connectivity index (χ0n) is 11.5. The van der Waals surface area contributed by atoms with Crippen LogP contribution in [0.4, 0.5) is 0 Å². The molecule has 0 unspecified atom stereocenters. The minimum Gasteiger partial charge on any atom is -0.456 e. The van der Waals surface area contributed by atoms with Crippen LogP contribution >= 0.6 is 0 Å². The Labute approximate surface area is 118 Å². The van der Waals surface area contributed by atoms with Crippen LogP contribution in [-0.4, -0.2) is 11.0 Å². The van der Waals surface area contributed by atoms with Gasteiger partial charge in [0.15, 0.2) is 0 Å². The number of pyridine rings is 1. The van der Waals surface area contributed by atoms with Gasteiger partial charge in [0, 0.05) is 11.8 Å². The Balaban J connectivity index is 2.01. The van der Waals surface area contributed by atoms with Crippen LogP contribution in [0.3, 0.4) is 0 Å². The fourth-order valence-corrected chi connectivity index (χ4v) is 1.77. The molecule has 2 rings (SSSR count). The van der Waals surface area contributed by atoms with Gasteiger partial charge in [0.1, 0.15) is 6.61 Å². The summed E-state index contributed by atoms with van der Waals surface area (Å²) in [6.45, 7) is 2.14. The maximum absolute atomic E-state index is 12.0. The van der Waals surface area contributed by atoms with E-state index in [0.717, 1.165) is 11.3 Å². The molecule has 0 saturated carbocycles. The van der Waals surface area contributed by atoms with Crippen LogP contribution in [0, 0.1) is 0 Å². The van der Waals surface area contributed by atoms with Crippen molar-refractivity contribution in [1.29, 1.82) is 0 Å². The standard InChI is InChI=1S/C17H17NO2/c1-2-15(12-14-8-4-3-5-9-14)17(19)20-13-16-10-6-7-11-18-16/h3-12H,2,13H2,1H3/b15-12+. The number of ether oxygens (including phenoxy) is 1. The summed E-state index contributed by atoms with van der Waals surface area (Å²) in [7, 11) is 0. The molecule has 0 radical (unpaired) electrons. The molecule has 2 aromatic rings. The van der Waals surface area contributed by atoms with Crippen molar-refractivity contribution >= 4 is 12.0 Å². The summed E-state index contributed by atoms with van der Waals surface area (Å²) >= 11 is 0. The SMILES string of the molecule is CC/C(=C\c1ccccc1)C(=O)OCc1ccccn1. The van der Waals surface area contributed by atoms with Crippen molar-refractivity contribution in [3.05, 3.63) is 71.6 Å². The van der Waals surface area contributed by atoms with Gasteiger partial charge in [0.05, 0.1) is 5.69 Å². The average molecular weight is 267 g/mol. The maximum atomic E-state index is 12.0. The van der Waals surface area contributed by atoms with Gasteiger partial charge in [-0.1, -0.05) is 43.3 Å². The second-order valence-electron chi connectivity index (χ2n) is 4.33. The molecule has 3 heteroatoms. The number of hydrogen-bond donors (Lipinski definition) is 0. The van der Waals surface area contributed by atoms with Crippen LogP contribution in [-0.2, 0) is 16.1 Å². The lowest BCUT2D eigenvalue weighted by atomic mass is 10.1. The third-order valence-electron chi connectivity index (χ3n) is 2.86. The number of aromatic nitrogens is 1. The predicted molar refractivity (Wildman–Crippen MR) is 78.7 cm³/mol. The van der Waals surface area contributed by atoms with E-state index < -0.39 is 0 Å². The first-order chi connectivity index (χ1) is 9.79. The third kappa shape index (κ3) is 4.05. The Morgan fingerprint density at radius 3 is 2.55 bits per heavy atom. The number of hydrogen-bond acceptors (Lipinski definition) is 3. The number of benzene rings is 1. The molecule has 0 aliphatic rings. The lowest BCUT2D eigenvalue weighted by Crippen LogP contribution is -2.08. The average Bonchev–Trinajstić information content (AvgIpc) is 2.52. The van der Waals surface area contributed by atoms with E-state index in [-0.39, 0.29) is 12.6 Å². The van der Waals surface area contributed by atoms with Gasteiger partial charge in [-0.15, -0.1) is 0 Å². The molecule has 0 amide bonds. The van der Waals surface area contributed by atoms with Crippen LogP contribution in [0.15, 0.2) is 60.3 Å². The van der Waals surface area contributed by atoms with Gasteiger partial charge in [0.25, 0.3) is 0 Å². The monoisotopic (exact) mass is 267 g/mol. The molecule has 1 aromatic carbocycles. The van der Waals surface area contributed by atoms with Gasteiger partial charge in [-0.2, -0.15) is 0 Å². The summed E-state index contributed by atoms with van der Waals surface area (Å²) in [5.41, 5.74) is 2.40. The van der Waals surface area contributed by atoms with Crippen molar-refractivity contribution in [3.63, 3.8) is 0 Å². The topological polar surface area (TPSA) is 39.2 Å². The fourth-order valence-electron chi connectivity index (χ4n) is 1.77. The van der Waals surface area contributed by atoms with Crippen molar-refractivity contribution in [2.24, 2.45) is 0 Å². The first-order valence-corrected chi connectivity index (χ1v) is 6.62. The smallest absolute Gasteiger partial charge is 0.334 e. The number of nitrogens with zero attached hydrogens (tertiary/aromatic N) is 1. The van der Waals surface area contributed by atoms with Crippen LogP contribution in [0.1, 0.15) is 24.6 Å². The van der Waals surface area contributed by atoms with Gasteiger partial charge in [-0.25, -0.2) is 4.79 Å². The maximum Gasteiger partial charge on any atom is 0.334 e. The normalized spacial score (nSPS) is 11.2. The summed E-state index contributed by atoms with van der Waals surface area (Å²) in [5.74, 6) is -0.290. The van der Waals surface area contributed by atoms with Crippen LogP contribution in [0.5, 0.6) is 0 Å². The van der Waals surface area contributed by atoms with E-state index in [1.165, 1.54) is 0 Å². The highest BCUT2D eigenvalue weighted by Crippen LogP contribution is 2.12. The number of rotatable bonds is 5. The zero-order chi connectivity index (χ0) is 14.2. The largest absolute Gasteiger partial charge is 0.456 e. The summed E-state index contributed by atoms with van der Waals surface area (Å²) < 4.78 is 5.28. The van der Waals surface area contributed by atoms with Crippen molar-refractivity contribution in [1.82, 2.24) is 4.98 Å². The van der Waals surface area contributed by atoms with Crippen molar-refractivity contribution in [3.8, 4) is 0 Å². The fraction of sp³-hybridized carbons (Fsp3) is 0.176. The number of carbonyl (C=O) groups excluding carboxylic acids is 1. The molecule has 0 saturated heterocycles. The molecule has 0 aliphatic heterocycles. The number of carbonyl (C=O) groups is 1. The van der Waals surface area contributed by atoms with E-state index >= 15 is 0 Å². The molecule has 3 nitrogen and oxygen atoms in total. The summed E-state index contributed by atoms with van der Waals surface area (Å²) in [6, 6.07) is 15.3. The second-order valence-corrected chi connectivity index (χ2v) is 4.33. The highest BCUT2D eigenvalue weighted by Gasteiger charge is 2.09. The molecule has 0 N–H and O–H groups in total. The van der Waals surface area contributed by atoms with E-state index in [2.05, 4.69) is 4.98 Å². The third-order valence-corrected chi connectivity index (χ3v) is 2.86. The first kappa shape index (κ1) is 14.0. The molecule has 0 fully saturated rings. The van der Waals surface area contributed by atoms with Gasteiger partial charge in [-0.05, 0) is 30.2 Å². The minimum atomic E-state index is -0.290. The van der Waals surface area contributed by atoms with Gasteiger partial charge < -0.3 is 4.74 Å². The van der Waals surface area contributed by atoms with E-state index in [0.29, 0.717) is 12.0 Å². The molecular formula is C17H17NO2. The predicted octanol–water partition coefficient (Wildman–Crippen LogP) is 3.62. The lowest BCUT2D eigenvalue weighted by Gasteiger charge is -2.06. The molecule has 0 spiro atoms. The van der Waals surface area contributed by atoms with Gasteiger partial charge in [0.2, 0.25) is 0 Å². The van der Waals surface area contributed by atoms with Crippen LogP contribution in [0.2, 0.25) is 0 Å². The Morgan fingerprint density at radius 1 is 1.15 bits per heavy atom. The summed E-state index contributed by atoms with van der Waals surface area (Å²) in [4.78, 5) is 16.2. The Kier molecular flexibility index (Phi) is 5.07. The van der Waals surface area contributed by atoms with Crippen molar-refractivity contribution in [2.45, 2.75) is 20.0 Å². The molecule has 20 heavy (non-hydrogen) atoms. The van der Waals surface area contributed by atoms with E-state index in [1.54, 1.807) is 6.20 Å². The van der Waals surface area contributed by atoms with Gasteiger partial charge >= 0.3 is 5.97 Å². The van der Waals surface area contributed by atoms with Gasteiger partial charge in [-0.3, -0.25) is 4.98 Å². The van der Waals surface area contributed by atoms with E-state index in [1.807, 2.05) is 61.5 Å². The molecule has 1 heterocycles.